The van der Waals surface area contributed by atoms with E-state index >= 15 is 0 Å². The van der Waals surface area contributed by atoms with Gasteiger partial charge in [0.15, 0.2) is 0 Å². The number of benzene rings is 1. The standard InChI is InChI=1S/C13H14ClN3/c1-15-12(13-16-7-2-8-17-13)9-10-3-5-11(14)6-4-10/h2-8,12,15H,9H2,1H3. The molecule has 1 unspecified atom stereocenters. The molecule has 0 amide bonds. The first kappa shape index (κ1) is 12.0. The lowest BCUT2D eigenvalue weighted by Gasteiger charge is -2.14. The highest BCUT2D eigenvalue weighted by Gasteiger charge is 2.12. The monoisotopic (exact) mass is 247 g/mol. The molecule has 2 aromatic rings. The number of hydrogen-bond donors (Lipinski definition) is 1. The molecule has 1 heterocycles. The lowest BCUT2D eigenvalue weighted by molar-refractivity contribution is 0.557. The molecule has 0 fully saturated rings. The van der Waals surface area contributed by atoms with Crippen LogP contribution in [-0.2, 0) is 6.42 Å². The van der Waals surface area contributed by atoms with Crippen LogP contribution in [0.1, 0.15) is 17.4 Å². The van der Waals surface area contributed by atoms with E-state index in [4.69, 9.17) is 11.6 Å². The Balaban J connectivity index is 2.13. The first-order valence-electron chi connectivity index (χ1n) is 5.48. The van der Waals surface area contributed by atoms with E-state index in [1.165, 1.54) is 5.56 Å². The Labute approximate surface area is 106 Å². The van der Waals surface area contributed by atoms with E-state index < -0.39 is 0 Å². The van der Waals surface area contributed by atoms with E-state index in [-0.39, 0.29) is 6.04 Å². The van der Waals surface area contributed by atoms with Gasteiger partial charge in [-0.25, -0.2) is 9.97 Å². The molecule has 0 aliphatic carbocycles. The largest absolute Gasteiger partial charge is 0.310 e. The van der Waals surface area contributed by atoms with Crippen LogP contribution in [0, 0.1) is 0 Å². The normalized spacial score (nSPS) is 12.4. The smallest absolute Gasteiger partial charge is 0.145 e. The first-order chi connectivity index (χ1) is 8.29. The van der Waals surface area contributed by atoms with E-state index in [9.17, 15) is 0 Å². The summed E-state index contributed by atoms with van der Waals surface area (Å²) in [5.41, 5.74) is 1.21. The van der Waals surface area contributed by atoms with Gasteiger partial charge in [-0.2, -0.15) is 0 Å². The molecule has 17 heavy (non-hydrogen) atoms. The fraction of sp³-hybridized carbons (Fsp3) is 0.231. The third-order valence-electron chi connectivity index (χ3n) is 2.60. The highest BCUT2D eigenvalue weighted by atomic mass is 35.5. The number of likely N-dealkylation sites (N-methyl/N-ethyl adjacent to an activating group) is 1. The van der Waals surface area contributed by atoms with Crippen LogP contribution < -0.4 is 5.32 Å². The molecule has 0 saturated heterocycles. The summed E-state index contributed by atoms with van der Waals surface area (Å²) in [6.45, 7) is 0. The SMILES string of the molecule is CNC(Cc1ccc(Cl)cc1)c1ncccn1. The minimum Gasteiger partial charge on any atom is -0.310 e. The van der Waals surface area contributed by atoms with Gasteiger partial charge in [0.2, 0.25) is 0 Å². The summed E-state index contributed by atoms with van der Waals surface area (Å²) in [6.07, 6.45) is 4.36. The van der Waals surface area contributed by atoms with Gasteiger partial charge in [0.25, 0.3) is 0 Å². The van der Waals surface area contributed by atoms with Crippen LogP contribution >= 0.6 is 11.6 Å². The molecule has 1 aromatic heterocycles. The van der Waals surface area contributed by atoms with Crippen molar-refractivity contribution >= 4 is 11.6 Å². The van der Waals surface area contributed by atoms with Crippen LogP contribution in [0.3, 0.4) is 0 Å². The average Bonchev–Trinajstić information content (AvgIpc) is 2.39. The van der Waals surface area contributed by atoms with Crippen molar-refractivity contribution in [1.29, 1.82) is 0 Å². The van der Waals surface area contributed by atoms with Gasteiger partial charge in [0.1, 0.15) is 5.82 Å². The third kappa shape index (κ3) is 3.25. The van der Waals surface area contributed by atoms with Crippen LogP contribution in [0.5, 0.6) is 0 Å². The van der Waals surface area contributed by atoms with Crippen molar-refractivity contribution in [3.05, 3.63) is 59.1 Å². The van der Waals surface area contributed by atoms with Gasteiger partial charge in [-0.1, -0.05) is 23.7 Å². The van der Waals surface area contributed by atoms with Gasteiger partial charge < -0.3 is 5.32 Å². The van der Waals surface area contributed by atoms with Crippen molar-refractivity contribution < 1.29 is 0 Å². The van der Waals surface area contributed by atoms with Crippen molar-refractivity contribution in [2.75, 3.05) is 7.05 Å². The van der Waals surface area contributed by atoms with Gasteiger partial charge in [0.05, 0.1) is 6.04 Å². The maximum atomic E-state index is 5.86. The minimum atomic E-state index is 0.123. The second-order valence-electron chi connectivity index (χ2n) is 3.78. The van der Waals surface area contributed by atoms with E-state index in [1.807, 2.05) is 37.4 Å². The van der Waals surface area contributed by atoms with Crippen molar-refractivity contribution in [2.24, 2.45) is 0 Å². The molecule has 2 rings (SSSR count). The van der Waals surface area contributed by atoms with Gasteiger partial charge in [0, 0.05) is 17.4 Å². The summed E-state index contributed by atoms with van der Waals surface area (Å²) in [5, 5.41) is 3.98. The number of rotatable bonds is 4. The maximum Gasteiger partial charge on any atom is 0.145 e. The number of nitrogens with zero attached hydrogens (tertiary/aromatic N) is 2. The van der Waals surface area contributed by atoms with Crippen molar-refractivity contribution in [2.45, 2.75) is 12.5 Å². The lowest BCUT2D eigenvalue weighted by atomic mass is 10.1. The van der Waals surface area contributed by atoms with Crippen molar-refractivity contribution in [1.82, 2.24) is 15.3 Å². The molecule has 4 heteroatoms. The van der Waals surface area contributed by atoms with Gasteiger partial charge >= 0.3 is 0 Å². The van der Waals surface area contributed by atoms with Crippen LogP contribution in [0.4, 0.5) is 0 Å². The Bertz CT molecular complexity index is 456. The molecular formula is C13H14ClN3. The molecule has 0 aliphatic rings. The Hall–Kier alpha value is -1.45. The molecule has 0 aliphatic heterocycles. The maximum absolute atomic E-state index is 5.86. The minimum absolute atomic E-state index is 0.123. The van der Waals surface area contributed by atoms with Crippen molar-refractivity contribution in [3.8, 4) is 0 Å². The summed E-state index contributed by atoms with van der Waals surface area (Å²) in [6, 6.07) is 9.78. The molecule has 3 nitrogen and oxygen atoms in total. The lowest BCUT2D eigenvalue weighted by Crippen LogP contribution is -2.21. The fourth-order valence-electron chi connectivity index (χ4n) is 1.67. The number of nitrogens with one attached hydrogen (secondary N) is 1. The van der Waals surface area contributed by atoms with Crippen LogP contribution in [0.25, 0.3) is 0 Å². The number of aromatic nitrogens is 2. The topological polar surface area (TPSA) is 37.8 Å². The van der Waals surface area contributed by atoms with E-state index in [0.717, 1.165) is 17.3 Å². The van der Waals surface area contributed by atoms with E-state index in [2.05, 4.69) is 15.3 Å². The fourth-order valence-corrected chi connectivity index (χ4v) is 1.80. The van der Waals surface area contributed by atoms with Crippen LogP contribution in [0.15, 0.2) is 42.7 Å². The highest BCUT2D eigenvalue weighted by molar-refractivity contribution is 6.30. The summed E-state index contributed by atoms with van der Waals surface area (Å²) in [7, 11) is 1.91. The molecule has 1 aromatic carbocycles. The van der Waals surface area contributed by atoms with E-state index in [1.54, 1.807) is 12.4 Å². The number of hydrogen-bond acceptors (Lipinski definition) is 3. The highest BCUT2D eigenvalue weighted by Crippen LogP contribution is 2.16. The number of halogens is 1. The Kier molecular flexibility index (Phi) is 4.07. The second-order valence-corrected chi connectivity index (χ2v) is 4.22. The second kappa shape index (κ2) is 5.75. The van der Waals surface area contributed by atoms with E-state index in [0.29, 0.717) is 0 Å². The molecular weight excluding hydrogens is 234 g/mol. The van der Waals surface area contributed by atoms with Crippen LogP contribution in [-0.4, -0.2) is 17.0 Å². The zero-order valence-electron chi connectivity index (χ0n) is 9.60. The predicted molar refractivity (Wildman–Crippen MR) is 69.0 cm³/mol. The Morgan fingerprint density at radius 1 is 1.18 bits per heavy atom. The summed E-state index contributed by atoms with van der Waals surface area (Å²) in [4.78, 5) is 8.53. The molecule has 1 N–H and O–H groups in total. The summed E-state index contributed by atoms with van der Waals surface area (Å²) >= 11 is 5.86. The quantitative estimate of drug-likeness (QED) is 0.903. The molecule has 88 valence electrons. The van der Waals surface area contributed by atoms with Gasteiger partial charge in [-0.3, -0.25) is 0 Å². The molecule has 1 atom stereocenters. The predicted octanol–water partition coefficient (Wildman–Crippen LogP) is 2.63. The Morgan fingerprint density at radius 3 is 2.41 bits per heavy atom. The Morgan fingerprint density at radius 2 is 1.82 bits per heavy atom. The summed E-state index contributed by atoms with van der Waals surface area (Å²) in [5.74, 6) is 0.810. The average molecular weight is 248 g/mol. The first-order valence-corrected chi connectivity index (χ1v) is 5.86. The van der Waals surface area contributed by atoms with Gasteiger partial charge in [-0.15, -0.1) is 0 Å². The van der Waals surface area contributed by atoms with Gasteiger partial charge in [-0.05, 0) is 37.2 Å². The molecule has 0 spiro atoms. The zero-order chi connectivity index (χ0) is 12.1. The molecule has 0 saturated carbocycles. The molecule has 0 radical (unpaired) electrons. The van der Waals surface area contributed by atoms with Crippen molar-refractivity contribution in [3.63, 3.8) is 0 Å². The zero-order valence-corrected chi connectivity index (χ0v) is 10.4. The summed E-state index contributed by atoms with van der Waals surface area (Å²) < 4.78 is 0. The van der Waals surface area contributed by atoms with Crippen LogP contribution in [0.2, 0.25) is 5.02 Å². The third-order valence-corrected chi connectivity index (χ3v) is 2.85. The molecule has 0 bridgehead atoms.